The highest BCUT2D eigenvalue weighted by Gasteiger charge is 2.23. The van der Waals surface area contributed by atoms with E-state index in [0.29, 0.717) is 5.56 Å². The third kappa shape index (κ3) is 3.51. The smallest absolute Gasteiger partial charge is 0.339 e. The lowest BCUT2D eigenvalue weighted by atomic mass is 9.89. The van der Waals surface area contributed by atoms with Gasteiger partial charge >= 0.3 is 5.97 Å². The molecule has 98 valence electrons. The van der Waals surface area contributed by atoms with Crippen molar-refractivity contribution in [3.05, 3.63) is 28.2 Å². The number of hydrogen-bond acceptors (Lipinski definition) is 3. The van der Waals surface area contributed by atoms with Crippen LogP contribution in [0.25, 0.3) is 0 Å². The minimum Gasteiger partial charge on any atom is -0.459 e. The summed E-state index contributed by atoms with van der Waals surface area (Å²) >= 11 is 7.62. The van der Waals surface area contributed by atoms with Gasteiger partial charge in [0.15, 0.2) is 0 Å². The Bertz CT molecular complexity index is 439. The van der Waals surface area contributed by atoms with Crippen LogP contribution in [0.15, 0.2) is 27.6 Å². The van der Waals surface area contributed by atoms with Crippen molar-refractivity contribution < 1.29 is 9.53 Å². The number of carbonyl (C=O) groups is 1. The molecule has 0 spiro atoms. The quantitative estimate of drug-likeness (QED) is 0.640. The molecule has 2 rings (SSSR count). The van der Waals surface area contributed by atoms with Gasteiger partial charge in [0, 0.05) is 9.37 Å². The van der Waals surface area contributed by atoms with Gasteiger partial charge in [-0.1, -0.05) is 6.92 Å². The average molecular weight is 329 g/mol. The molecule has 0 N–H and O–H groups in total. The number of halogens is 1. The Morgan fingerprint density at radius 1 is 1.33 bits per heavy atom. The van der Waals surface area contributed by atoms with E-state index in [1.54, 1.807) is 6.07 Å². The Balaban J connectivity index is 2.01. The predicted octanol–water partition coefficient (Wildman–Crippen LogP) is 4.47. The Hall–Kier alpha value is -0.480. The van der Waals surface area contributed by atoms with Crippen LogP contribution in [0.3, 0.4) is 0 Å². The van der Waals surface area contributed by atoms with E-state index in [2.05, 4.69) is 35.5 Å². The normalized spacial score (nSPS) is 23.7. The van der Waals surface area contributed by atoms with Crippen LogP contribution in [0.1, 0.15) is 43.0 Å². The van der Waals surface area contributed by atoms with E-state index in [1.807, 2.05) is 12.1 Å². The number of ether oxygens (including phenoxy) is 1. The number of hydrogen-bond donors (Lipinski definition) is 1. The molecule has 0 bridgehead atoms. The topological polar surface area (TPSA) is 26.3 Å². The second-order valence-electron chi connectivity index (χ2n) is 4.95. The number of rotatable bonds is 2. The molecule has 2 nitrogen and oxygen atoms in total. The first-order valence-corrected chi connectivity index (χ1v) is 7.50. The van der Waals surface area contributed by atoms with Gasteiger partial charge in [-0.05, 0) is 65.7 Å². The molecule has 18 heavy (non-hydrogen) atoms. The molecule has 1 aliphatic carbocycles. The van der Waals surface area contributed by atoms with Crippen molar-refractivity contribution >= 4 is 34.5 Å². The van der Waals surface area contributed by atoms with E-state index < -0.39 is 0 Å². The molecular formula is C14H17BrO2S. The van der Waals surface area contributed by atoms with Gasteiger partial charge in [-0.25, -0.2) is 4.79 Å². The van der Waals surface area contributed by atoms with Crippen molar-refractivity contribution in [2.24, 2.45) is 5.92 Å². The number of benzene rings is 1. The summed E-state index contributed by atoms with van der Waals surface area (Å²) in [5.41, 5.74) is 0.557. The standard InChI is InChI=1S/C14H17BrO2S/c1-9-2-4-10(5-3-9)17-14(16)12-8-11(18)6-7-13(12)15/h6-10,18H,2-5H2,1H3. The van der Waals surface area contributed by atoms with Crippen molar-refractivity contribution in [1.82, 2.24) is 0 Å². The number of esters is 1. The Morgan fingerprint density at radius 3 is 2.67 bits per heavy atom. The first-order chi connectivity index (χ1) is 8.56. The third-order valence-corrected chi connectivity index (χ3v) is 4.38. The maximum Gasteiger partial charge on any atom is 0.339 e. The largest absolute Gasteiger partial charge is 0.459 e. The molecule has 0 unspecified atom stereocenters. The SMILES string of the molecule is CC1CCC(OC(=O)c2cc(S)ccc2Br)CC1. The maximum atomic E-state index is 12.1. The first kappa shape index (κ1) is 13.9. The lowest BCUT2D eigenvalue weighted by Crippen LogP contribution is -2.23. The second kappa shape index (κ2) is 6.11. The van der Waals surface area contributed by atoms with Crippen LogP contribution >= 0.6 is 28.6 Å². The van der Waals surface area contributed by atoms with Gasteiger partial charge in [0.05, 0.1) is 5.56 Å². The molecule has 0 saturated heterocycles. The monoisotopic (exact) mass is 328 g/mol. The second-order valence-corrected chi connectivity index (χ2v) is 6.32. The molecule has 1 aromatic carbocycles. The van der Waals surface area contributed by atoms with Crippen molar-refractivity contribution in [3.63, 3.8) is 0 Å². The van der Waals surface area contributed by atoms with E-state index in [-0.39, 0.29) is 12.1 Å². The van der Waals surface area contributed by atoms with Crippen molar-refractivity contribution in [2.75, 3.05) is 0 Å². The Kier molecular flexibility index (Phi) is 4.73. The van der Waals surface area contributed by atoms with Gasteiger partial charge in [-0.15, -0.1) is 12.6 Å². The minimum absolute atomic E-state index is 0.0733. The summed E-state index contributed by atoms with van der Waals surface area (Å²) in [6.07, 6.45) is 4.32. The van der Waals surface area contributed by atoms with Crippen molar-refractivity contribution in [1.29, 1.82) is 0 Å². The number of thiol groups is 1. The summed E-state index contributed by atoms with van der Waals surface area (Å²) < 4.78 is 6.32. The van der Waals surface area contributed by atoms with Crippen LogP contribution < -0.4 is 0 Å². The summed E-state index contributed by atoms with van der Waals surface area (Å²) in [6, 6.07) is 5.40. The summed E-state index contributed by atoms with van der Waals surface area (Å²) in [4.78, 5) is 12.8. The molecule has 0 amide bonds. The van der Waals surface area contributed by atoms with Gasteiger partial charge in [0.1, 0.15) is 6.10 Å². The molecule has 1 saturated carbocycles. The Morgan fingerprint density at radius 2 is 2.00 bits per heavy atom. The summed E-state index contributed by atoms with van der Waals surface area (Å²) in [5, 5.41) is 0. The maximum absolute atomic E-state index is 12.1. The van der Waals surface area contributed by atoms with Crippen LogP contribution in [-0.2, 0) is 4.74 Å². The molecule has 1 aromatic rings. The van der Waals surface area contributed by atoms with E-state index in [1.165, 1.54) is 0 Å². The highest BCUT2D eigenvalue weighted by atomic mass is 79.9. The molecule has 0 heterocycles. The predicted molar refractivity (Wildman–Crippen MR) is 78.2 cm³/mol. The third-order valence-electron chi connectivity index (χ3n) is 3.41. The fourth-order valence-corrected chi connectivity index (χ4v) is 2.84. The highest BCUT2D eigenvalue weighted by Crippen LogP contribution is 2.27. The summed E-state index contributed by atoms with van der Waals surface area (Å²) in [5.74, 6) is 0.504. The van der Waals surface area contributed by atoms with Gasteiger partial charge in [-0.2, -0.15) is 0 Å². The van der Waals surface area contributed by atoms with E-state index >= 15 is 0 Å². The zero-order valence-electron chi connectivity index (χ0n) is 10.4. The van der Waals surface area contributed by atoms with E-state index in [4.69, 9.17) is 4.74 Å². The summed E-state index contributed by atoms with van der Waals surface area (Å²) in [6.45, 7) is 2.25. The van der Waals surface area contributed by atoms with Crippen LogP contribution in [-0.4, -0.2) is 12.1 Å². The highest BCUT2D eigenvalue weighted by molar-refractivity contribution is 9.10. The molecule has 1 aliphatic rings. The molecule has 0 radical (unpaired) electrons. The lowest BCUT2D eigenvalue weighted by Gasteiger charge is -2.26. The number of carbonyl (C=O) groups excluding carboxylic acids is 1. The molecule has 0 aromatic heterocycles. The van der Waals surface area contributed by atoms with Crippen LogP contribution in [0.4, 0.5) is 0 Å². The average Bonchev–Trinajstić information content (AvgIpc) is 2.35. The molecule has 1 fully saturated rings. The van der Waals surface area contributed by atoms with Crippen molar-refractivity contribution in [2.45, 2.75) is 43.6 Å². The fraction of sp³-hybridized carbons (Fsp3) is 0.500. The molecule has 0 atom stereocenters. The van der Waals surface area contributed by atoms with Gasteiger partial charge in [0.25, 0.3) is 0 Å². The van der Waals surface area contributed by atoms with Gasteiger partial charge in [-0.3, -0.25) is 0 Å². The zero-order chi connectivity index (χ0) is 13.1. The van der Waals surface area contributed by atoms with E-state index in [9.17, 15) is 4.79 Å². The van der Waals surface area contributed by atoms with Gasteiger partial charge < -0.3 is 4.74 Å². The molecule has 4 heteroatoms. The van der Waals surface area contributed by atoms with E-state index in [0.717, 1.165) is 41.0 Å². The first-order valence-electron chi connectivity index (χ1n) is 6.25. The van der Waals surface area contributed by atoms with Crippen LogP contribution in [0.5, 0.6) is 0 Å². The minimum atomic E-state index is -0.252. The summed E-state index contributed by atoms with van der Waals surface area (Å²) in [7, 11) is 0. The zero-order valence-corrected chi connectivity index (χ0v) is 12.8. The lowest BCUT2D eigenvalue weighted by molar-refractivity contribution is 0.0172. The van der Waals surface area contributed by atoms with Crippen LogP contribution in [0.2, 0.25) is 0 Å². The molecule has 0 aliphatic heterocycles. The van der Waals surface area contributed by atoms with Gasteiger partial charge in [0.2, 0.25) is 0 Å². The fourth-order valence-electron chi connectivity index (χ4n) is 2.23. The molecular weight excluding hydrogens is 312 g/mol. The van der Waals surface area contributed by atoms with Crippen molar-refractivity contribution in [3.8, 4) is 0 Å². The Labute approximate surface area is 122 Å². The van der Waals surface area contributed by atoms with Crippen LogP contribution in [0, 0.1) is 5.92 Å².